The first kappa shape index (κ1) is 22.5. The number of fused-ring (bicyclic) bond motifs is 1. The van der Waals surface area contributed by atoms with Gasteiger partial charge in [-0.3, -0.25) is 19.5 Å². The summed E-state index contributed by atoms with van der Waals surface area (Å²) in [6.45, 7) is 2.43. The molecule has 2 aromatic heterocycles. The van der Waals surface area contributed by atoms with Gasteiger partial charge < -0.3 is 14.6 Å². The maximum Gasteiger partial charge on any atom is 0.301 e. The highest BCUT2D eigenvalue weighted by Crippen LogP contribution is 2.44. The molecule has 1 saturated heterocycles. The zero-order valence-electron chi connectivity index (χ0n) is 19.0. The minimum absolute atomic E-state index is 0.0366. The SMILES string of the molecule is CCOc1ccc2nc(N3C(=O)C(=O)/C(=C(/O)c4cccc(OC)c4)C3c3cccnc3)sc2c1. The van der Waals surface area contributed by atoms with Gasteiger partial charge in [0, 0.05) is 18.0 Å². The van der Waals surface area contributed by atoms with Crippen molar-refractivity contribution in [2.75, 3.05) is 18.6 Å². The molecule has 1 aliphatic rings. The normalized spacial score (nSPS) is 17.2. The van der Waals surface area contributed by atoms with E-state index >= 15 is 0 Å². The predicted molar refractivity (Wildman–Crippen MR) is 133 cm³/mol. The number of aromatic nitrogens is 2. The van der Waals surface area contributed by atoms with Crippen molar-refractivity contribution in [2.45, 2.75) is 13.0 Å². The molecule has 1 aliphatic heterocycles. The molecule has 8 nitrogen and oxygen atoms in total. The smallest absolute Gasteiger partial charge is 0.301 e. The summed E-state index contributed by atoms with van der Waals surface area (Å²) in [4.78, 5) is 36.7. The number of thiazole rings is 1. The molecule has 35 heavy (non-hydrogen) atoms. The number of aliphatic hydroxyl groups is 1. The van der Waals surface area contributed by atoms with Gasteiger partial charge in [0.25, 0.3) is 5.78 Å². The number of hydrogen-bond acceptors (Lipinski definition) is 8. The fourth-order valence-electron chi connectivity index (χ4n) is 4.06. The lowest BCUT2D eigenvalue weighted by molar-refractivity contribution is -0.132. The van der Waals surface area contributed by atoms with Crippen LogP contribution in [0, 0.1) is 0 Å². The number of methoxy groups -OCH3 is 1. The van der Waals surface area contributed by atoms with E-state index in [0.29, 0.717) is 39.9 Å². The lowest BCUT2D eigenvalue weighted by atomic mass is 9.96. The number of carbonyl (C=O) groups is 2. The molecule has 3 heterocycles. The number of ketones is 1. The van der Waals surface area contributed by atoms with E-state index in [1.165, 1.54) is 23.3 Å². The number of amides is 1. The largest absolute Gasteiger partial charge is 0.507 e. The molecule has 1 unspecified atom stereocenters. The molecule has 1 fully saturated rings. The molecule has 1 atom stereocenters. The Bertz CT molecular complexity index is 1460. The Labute approximate surface area is 205 Å². The lowest BCUT2D eigenvalue weighted by Gasteiger charge is -2.22. The van der Waals surface area contributed by atoms with Gasteiger partial charge in [0.2, 0.25) is 0 Å². The van der Waals surface area contributed by atoms with Crippen LogP contribution in [0.2, 0.25) is 0 Å². The molecule has 1 N–H and O–H groups in total. The molecule has 0 aliphatic carbocycles. The molecule has 0 saturated carbocycles. The minimum Gasteiger partial charge on any atom is -0.507 e. The van der Waals surface area contributed by atoms with Crippen molar-refractivity contribution in [1.29, 1.82) is 0 Å². The van der Waals surface area contributed by atoms with Crippen molar-refractivity contribution in [2.24, 2.45) is 0 Å². The number of pyridine rings is 1. The van der Waals surface area contributed by atoms with Gasteiger partial charge in [-0.1, -0.05) is 29.5 Å². The van der Waals surface area contributed by atoms with E-state index in [0.717, 1.165) is 4.70 Å². The molecule has 5 rings (SSSR count). The first-order chi connectivity index (χ1) is 17.0. The highest BCUT2D eigenvalue weighted by atomic mass is 32.1. The second-order valence-electron chi connectivity index (χ2n) is 7.75. The van der Waals surface area contributed by atoms with Crippen molar-refractivity contribution in [3.63, 3.8) is 0 Å². The second kappa shape index (κ2) is 9.19. The van der Waals surface area contributed by atoms with Gasteiger partial charge in [-0.2, -0.15) is 0 Å². The number of hydrogen-bond donors (Lipinski definition) is 1. The number of anilines is 1. The quantitative estimate of drug-likeness (QED) is 0.238. The Hall–Kier alpha value is -4.24. The van der Waals surface area contributed by atoms with Crippen molar-refractivity contribution >= 4 is 44.1 Å². The topological polar surface area (TPSA) is 102 Å². The van der Waals surface area contributed by atoms with Gasteiger partial charge in [0.1, 0.15) is 17.3 Å². The summed E-state index contributed by atoms with van der Waals surface area (Å²) < 4.78 is 11.6. The van der Waals surface area contributed by atoms with Crippen LogP contribution < -0.4 is 14.4 Å². The molecule has 0 radical (unpaired) electrons. The molecule has 0 spiro atoms. The number of nitrogens with zero attached hydrogens (tertiary/aromatic N) is 3. The van der Waals surface area contributed by atoms with Gasteiger partial charge >= 0.3 is 5.91 Å². The third-order valence-electron chi connectivity index (χ3n) is 5.65. The van der Waals surface area contributed by atoms with Crippen molar-refractivity contribution in [3.05, 3.63) is 83.7 Å². The summed E-state index contributed by atoms with van der Waals surface area (Å²) in [5.41, 5.74) is 1.57. The minimum atomic E-state index is -0.901. The molecule has 9 heteroatoms. The molecule has 1 amide bonds. The summed E-state index contributed by atoms with van der Waals surface area (Å²) in [5.74, 6) is -0.657. The Balaban J connectivity index is 1.68. The molecule has 0 bridgehead atoms. The summed E-state index contributed by atoms with van der Waals surface area (Å²) in [7, 11) is 1.51. The fourth-order valence-corrected chi connectivity index (χ4v) is 5.08. The lowest BCUT2D eigenvalue weighted by Crippen LogP contribution is -2.29. The third-order valence-corrected chi connectivity index (χ3v) is 6.67. The van der Waals surface area contributed by atoms with E-state index < -0.39 is 17.7 Å². The van der Waals surface area contributed by atoms with Crippen LogP contribution in [0.15, 0.2) is 72.6 Å². The maximum atomic E-state index is 13.3. The Kier molecular flexibility index (Phi) is 5.92. The number of aliphatic hydroxyl groups excluding tert-OH is 1. The van der Waals surface area contributed by atoms with E-state index in [1.807, 2.05) is 25.1 Å². The van der Waals surface area contributed by atoms with Gasteiger partial charge in [-0.15, -0.1) is 0 Å². The van der Waals surface area contributed by atoms with Crippen molar-refractivity contribution in [1.82, 2.24) is 9.97 Å². The van der Waals surface area contributed by atoms with E-state index in [-0.39, 0.29) is 11.3 Å². The van der Waals surface area contributed by atoms with E-state index in [4.69, 9.17) is 9.47 Å². The van der Waals surface area contributed by atoms with Crippen molar-refractivity contribution in [3.8, 4) is 11.5 Å². The number of benzene rings is 2. The van der Waals surface area contributed by atoms with Crippen LogP contribution in [0.3, 0.4) is 0 Å². The van der Waals surface area contributed by atoms with Gasteiger partial charge in [-0.05, 0) is 48.9 Å². The predicted octanol–water partition coefficient (Wildman–Crippen LogP) is 4.72. The highest BCUT2D eigenvalue weighted by Gasteiger charge is 2.48. The Morgan fingerprint density at radius 2 is 1.97 bits per heavy atom. The average molecular weight is 488 g/mol. The van der Waals surface area contributed by atoms with E-state index in [2.05, 4.69) is 9.97 Å². The highest BCUT2D eigenvalue weighted by molar-refractivity contribution is 7.22. The number of ether oxygens (including phenoxy) is 2. The van der Waals surface area contributed by atoms with Gasteiger partial charge in [0.05, 0.1) is 35.5 Å². The first-order valence-corrected chi connectivity index (χ1v) is 11.7. The Morgan fingerprint density at radius 1 is 1.11 bits per heavy atom. The number of Topliss-reactive ketones (excluding diaryl/α,β-unsaturated/α-hetero) is 1. The Morgan fingerprint density at radius 3 is 2.71 bits per heavy atom. The average Bonchev–Trinajstić information content (AvgIpc) is 3.42. The fraction of sp³-hybridized carbons (Fsp3) is 0.154. The van der Waals surface area contributed by atoms with E-state index in [9.17, 15) is 14.7 Å². The first-order valence-electron chi connectivity index (χ1n) is 10.9. The summed E-state index contributed by atoms with van der Waals surface area (Å²) in [5, 5.41) is 11.6. The van der Waals surface area contributed by atoms with Crippen LogP contribution in [-0.2, 0) is 9.59 Å². The van der Waals surface area contributed by atoms with Gasteiger partial charge in [-0.25, -0.2) is 4.98 Å². The van der Waals surface area contributed by atoms with Crippen LogP contribution in [0.1, 0.15) is 24.1 Å². The molecular weight excluding hydrogens is 466 g/mol. The van der Waals surface area contributed by atoms with Crippen LogP contribution in [0.4, 0.5) is 5.13 Å². The van der Waals surface area contributed by atoms with Crippen LogP contribution in [0.5, 0.6) is 11.5 Å². The van der Waals surface area contributed by atoms with Crippen LogP contribution >= 0.6 is 11.3 Å². The van der Waals surface area contributed by atoms with E-state index in [1.54, 1.807) is 48.8 Å². The number of rotatable bonds is 6. The molecule has 176 valence electrons. The van der Waals surface area contributed by atoms with Crippen molar-refractivity contribution < 1.29 is 24.2 Å². The second-order valence-corrected chi connectivity index (χ2v) is 8.76. The third kappa shape index (κ3) is 4.00. The van der Waals surface area contributed by atoms with Crippen LogP contribution in [-0.4, -0.2) is 40.5 Å². The monoisotopic (exact) mass is 487 g/mol. The molecule has 4 aromatic rings. The standard InChI is InChI=1S/C26H21N3O5S/c1-3-34-18-9-10-19-20(13-18)35-26(28-19)29-22(16-7-5-11-27-14-16)21(24(31)25(29)32)23(30)15-6-4-8-17(12-15)33-2/h4-14,22,30H,3H2,1-2H3/b23-21+. The summed E-state index contributed by atoms with van der Waals surface area (Å²) in [6.07, 6.45) is 3.17. The zero-order chi connectivity index (χ0) is 24.5. The van der Waals surface area contributed by atoms with Crippen LogP contribution in [0.25, 0.3) is 16.0 Å². The maximum absolute atomic E-state index is 13.3. The molecular formula is C26H21N3O5S. The van der Waals surface area contributed by atoms with Gasteiger partial charge in [0.15, 0.2) is 5.13 Å². The molecule has 2 aromatic carbocycles. The summed E-state index contributed by atoms with van der Waals surface area (Å²) in [6, 6.07) is 14.7. The zero-order valence-corrected chi connectivity index (χ0v) is 19.8. The summed E-state index contributed by atoms with van der Waals surface area (Å²) >= 11 is 1.27. The number of carbonyl (C=O) groups excluding carboxylic acids is 2.